The van der Waals surface area contributed by atoms with Crippen molar-refractivity contribution in [1.29, 1.82) is 5.26 Å². The van der Waals surface area contributed by atoms with Crippen molar-refractivity contribution in [2.45, 2.75) is 0 Å². The molecule has 4 heteroatoms. The van der Waals surface area contributed by atoms with Crippen molar-refractivity contribution < 1.29 is 5.11 Å². The number of halogens is 1. The Morgan fingerprint density at radius 1 is 1.09 bits per heavy atom. The van der Waals surface area contributed by atoms with Gasteiger partial charge in [-0.05, 0) is 60.2 Å². The summed E-state index contributed by atoms with van der Waals surface area (Å²) in [6.45, 7) is 0. The van der Waals surface area contributed by atoms with Gasteiger partial charge in [0, 0.05) is 22.1 Å². The van der Waals surface area contributed by atoms with Crippen LogP contribution in [-0.2, 0) is 0 Å². The van der Waals surface area contributed by atoms with Gasteiger partial charge in [0.25, 0.3) is 0 Å². The summed E-state index contributed by atoms with van der Waals surface area (Å²) in [4.78, 5) is 0. The van der Waals surface area contributed by atoms with Crippen LogP contribution in [0.1, 0.15) is 11.3 Å². The molecule has 0 radical (unpaired) electrons. The molecule has 1 heterocycles. The van der Waals surface area contributed by atoms with E-state index in [1.165, 1.54) is 0 Å². The normalized spacial score (nSPS) is 11.2. The van der Waals surface area contributed by atoms with Crippen molar-refractivity contribution in [3.8, 4) is 17.5 Å². The van der Waals surface area contributed by atoms with E-state index in [1.54, 1.807) is 12.1 Å². The SMILES string of the molecule is N#C/C(=C\c1cccn1-c1ccc(O)cc1)c1cccc(Br)c1. The highest BCUT2D eigenvalue weighted by molar-refractivity contribution is 9.10. The number of allylic oxidation sites excluding steroid dienone is 1. The van der Waals surface area contributed by atoms with E-state index in [4.69, 9.17) is 0 Å². The molecule has 0 amide bonds. The van der Waals surface area contributed by atoms with E-state index in [0.717, 1.165) is 21.4 Å². The van der Waals surface area contributed by atoms with Crippen LogP contribution >= 0.6 is 15.9 Å². The third-order valence-corrected chi connectivity index (χ3v) is 3.95. The number of hydrogen-bond donors (Lipinski definition) is 1. The van der Waals surface area contributed by atoms with E-state index in [9.17, 15) is 10.4 Å². The number of phenolic OH excluding ortho intramolecular Hbond substituents is 1. The summed E-state index contributed by atoms with van der Waals surface area (Å²) in [5, 5.41) is 18.9. The van der Waals surface area contributed by atoms with Crippen molar-refractivity contribution >= 4 is 27.6 Å². The number of hydrogen-bond acceptors (Lipinski definition) is 2. The van der Waals surface area contributed by atoms with Crippen LogP contribution in [0.2, 0.25) is 0 Å². The zero-order valence-corrected chi connectivity index (χ0v) is 13.7. The molecular formula is C19H13BrN2O. The maximum Gasteiger partial charge on any atom is 0.115 e. The van der Waals surface area contributed by atoms with E-state index < -0.39 is 0 Å². The predicted octanol–water partition coefficient (Wildman–Crippen LogP) is 5.01. The van der Waals surface area contributed by atoms with Gasteiger partial charge in [-0.15, -0.1) is 0 Å². The molecule has 0 saturated carbocycles. The molecule has 0 unspecified atom stereocenters. The summed E-state index contributed by atoms with van der Waals surface area (Å²) in [5.41, 5.74) is 3.27. The van der Waals surface area contributed by atoms with Gasteiger partial charge in [0.2, 0.25) is 0 Å². The van der Waals surface area contributed by atoms with Crippen LogP contribution in [0.15, 0.2) is 71.3 Å². The fourth-order valence-corrected chi connectivity index (χ4v) is 2.74. The van der Waals surface area contributed by atoms with Crippen molar-refractivity contribution in [2.24, 2.45) is 0 Å². The minimum absolute atomic E-state index is 0.227. The summed E-state index contributed by atoms with van der Waals surface area (Å²) in [6, 6.07) is 20.7. The fourth-order valence-electron chi connectivity index (χ4n) is 2.34. The van der Waals surface area contributed by atoms with Gasteiger partial charge in [0.15, 0.2) is 0 Å². The lowest BCUT2D eigenvalue weighted by Crippen LogP contribution is -1.94. The molecular weight excluding hydrogens is 352 g/mol. The number of aromatic hydroxyl groups is 1. The maximum absolute atomic E-state index is 9.49. The minimum Gasteiger partial charge on any atom is -0.508 e. The van der Waals surface area contributed by atoms with Gasteiger partial charge in [-0.2, -0.15) is 5.26 Å². The van der Waals surface area contributed by atoms with Crippen LogP contribution in [0, 0.1) is 11.3 Å². The van der Waals surface area contributed by atoms with E-state index in [1.807, 2.05) is 65.4 Å². The molecule has 0 bridgehead atoms. The highest BCUT2D eigenvalue weighted by Crippen LogP contribution is 2.23. The monoisotopic (exact) mass is 364 g/mol. The second kappa shape index (κ2) is 6.55. The van der Waals surface area contributed by atoms with Gasteiger partial charge in [-0.3, -0.25) is 0 Å². The first-order valence-electron chi connectivity index (χ1n) is 7.02. The molecule has 23 heavy (non-hydrogen) atoms. The van der Waals surface area contributed by atoms with Gasteiger partial charge in [-0.25, -0.2) is 0 Å². The number of phenols is 1. The molecule has 0 aliphatic rings. The lowest BCUT2D eigenvalue weighted by atomic mass is 10.1. The van der Waals surface area contributed by atoms with Crippen molar-refractivity contribution in [1.82, 2.24) is 4.57 Å². The lowest BCUT2D eigenvalue weighted by molar-refractivity contribution is 0.475. The van der Waals surface area contributed by atoms with Crippen molar-refractivity contribution in [3.05, 3.63) is 82.6 Å². The average Bonchev–Trinajstić information content (AvgIpc) is 3.01. The summed E-state index contributed by atoms with van der Waals surface area (Å²) in [7, 11) is 0. The maximum atomic E-state index is 9.49. The van der Waals surface area contributed by atoms with Crippen molar-refractivity contribution in [2.75, 3.05) is 0 Å². The third-order valence-electron chi connectivity index (χ3n) is 3.46. The minimum atomic E-state index is 0.227. The van der Waals surface area contributed by atoms with E-state index in [0.29, 0.717) is 5.57 Å². The molecule has 1 aromatic heterocycles. The molecule has 0 fully saturated rings. The predicted molar refractivity (Wildman–Crippen MR) is 95.1 cm³/mol. The van der Waals surface area contributed by atoms with Crippen molar-refractivity contribution in [3.63, 3.8) is 0 Å². The average molecular weight is 365 g/mol. The Morgan fingerprint density at radius 2 is 1.87 bits per heavy atom. The van der Waals surface area contributed by atoms with Gasteiger partial charge < -0.3 is 9.67 Å². The molecule has 0 spiro atoms. The summed E-state index contributed by atoms with van der Waals surface area (Å²) >= 11 is 3.43. The molecule has 0 aliphatic heterocycles. The van der Waals surface area contributed by atoms with E-state index in [2.05, 4.69) is 22.0 Å². The zero-order chi connectivity index (χ0) is 16.2. The number of nitriles is 1. The Kier molecular flexibility index (Phi) is 4.31. The van der Waals surface area contributed by atoms with Crippen LogP contribution in [0.3, 0.4) is 0 Å². The molecule has 0 atom stereocenters. The van der Waals surface area contributed by atoms with Crippen LogP contribution in [0.5, 0.6) is 5.75 Å². The summed E-state index contributed by atoms with van der Waals surface area (Å²) in [6.07, 6.45) is 3.78. The second-order valence-electron chi connectivity index (χ2n) is 5.00. The molecule has 0 saturated heterocycles. The first kappa shape index (κ1) is 15.1. The van der Waals surface area contributed by atoms with E-state index >= 15 is 0 Å². The van der Waals surface area contributed by atoms with Gasteiger partial charge in [0.05, 0.1) is 11.6 Å². The summed E-state index contributed by atoms with van der Waals surface area (Å²) < 4.78 is 2.90. The fraction of sp³-hybridized carbons (Fsp3) is 0. The van der Waals surface area contributed by atoms with Gasteiger partial charge >= 0.3 is 0 Å². The topological polar surface area (TPSA) is 49.0 Å². The van der Waals surface area contributed by atoms with E-state index in [-0.39, 0.29) is 5.75 Å². The Labute approximate surface area is 142 Å². The largest absolute Gasteiger partial charge is 0.508 e. The molecule has 3 nitrogen and oxygen atoms in total. The molecule has 0 aliphatic carbocycles. The van der Waals surface area contributed by atoms with Crippen LogP contribution in [-0.4, -0.2) is 9.67 Å². The van der Waals surface area contributed by atoms with Crippen LogP contribution in [0.4, 0.5) is 0 Å². The Hall–Kier alpha value is -2.77. The number of benzene rings is 2. The molecule has 1 N–H and O–H groups in total. The van der Waals surface area contributed by atoms with Crippen LogP contribution < -0.4 is 0 Å². The first-order chi connectivity index (χ1) is 11.2. The molecule has 112 valence electrons. The second-order valence-corrected chi connectivity index (χ2v) is 5.92. The Balaban J connectivity index is 2.04. The van der Waals surface area contributed by atoms with Crippen LogP contribution in [0.25, 0.3) is 17.3 Å². The quantitative estimate of drug-likeness (QED) is 0.664. The highest BCUT2D eigenvalue weighted by Gasteiger charge is 2.06. The Bertz CT molecular complexity index is 902. The zero-order valence-electron chi connectivity index (χ0n) is 12.1. The number of aromatic nitrogens is 1. The standard InChI is InChI=1S/C19H13BrN2O/c20-16-4-1-3-14(11-16)15(13-21)12-18-5-2-10-22(18)17-6-8-19(23)9-7-17/h1-12,23H/b15-12+. The first-order valence-corrected chi connectivity index (χ1v) is 7.81. The molecule has 2 aromatic carbocycles. The third kappa shape index (κ3) is 3.36. The number of rotatable bonds is 3. The highest BCUT2D eigenvalue weighted by atomic mass is 79.9. The summed E-state index contributed by atoms with van der Waals surface area (Å²) in [5.74, 6) is 0.227. The molecule has 3 rings (SSSR count). The lowest BCUT2D eigenvalue weighted by Gasteiger charge is -2.07. The van der Waals surface area contributed by atoms with Gasteiger partial charge in [0.1, 0.15) is 5.75 Å². The molecule has 3 aromatic rings. The smallest absolute Gasteiger partial charge is 0.115 e. The Morgan fingerprint density at radius 3 is 2.57 bits per heavy atom. The number of nitrogens with zero attached hydrogens (tertiary/aromatic N) is 2. The van der Waals surface area contributed by atoms with Gasteiger partial charge in [-0.1, -0.05) is 28.1 Å².